The largest absolute Gasteiger partial charge is 1.00 e. The summed E-state index contributed by atoms with van der Waals surface area (Å²) in [5, 5.41) is 10.1. The Morgan fingerprint density at radius 3 is 2.74 bits per heavy atom. The molecule has 3 heterocycles. The molecule has 2 atom stereocenters. The van der Waals surface area contributed by atoms with Crippen molar-refractivity contribution >= 4 is 28.1 Å². The molecule has 27 heavy (non-hydrogen) atoms. The van der Waals surface area contributed by atoms with E-state index in [1.807, 2.05) is 0 Å². The molecule has 0 saturated carbocycles. The number of hydrogen-bond acceptors (Lipinski definition) is 9. The standard InChI is InChI=1S/C12H16N6O7S.Na/c19-9(7-16-4-3-14-15-16)5-13-11(20)10-2-1-8-6-17(10)12(21)18(8)25-26(22,23)24;/h3-4,8,10H,1-2,5-7H2,(H,13,20)(H,22,23,24);/q;+1/p-1/t8-,10+;/m1./s1. The number of rotatable bonds is 7. The monoisotopic (exact) mass is 410 g/mol. The molecule has 1 aromatic rings. The fourth-order valence-electron chi connectivity index (χ4n) is 2.96. The molecule has 0 aromatic carbocycles. The van der Waals surface area contributed by atoms with Gasteiger partial charge in [0, 0.05) is 12.7 Å². The van der Waals surface area contributed by atoms with Gasteiger partial charge >= 0.3 is 35.6 Å². The molecular formula is C12H15N6NaO7S. The molecule has 0 unspecified atom stereocenters. The molecule has 0 aliphatic carbocycles. The Labute approximate surface area is 176 Å². The van der Waals surface area contributed by atoms with Crippen LogP contribution in [0.15, 0.2) is 12.4 Å². The van der Waals surface area contributed by atoms with Gasteiger partial charge in [-0.15, -0.1) is 5.10 Å². The summed E-state index contributed by atoms with van der Waals surface area (Å²) >= 11 is 0. The van der Waals surface area contributed by atoms with Crippen LogP contribution in [0.3, 0.4) is 0 Å². The van der Waals surface area contributed by atoms with Crippen LogP contribution >= 0.6 is 0 Å². The quantitative estimate of drug-likeness (QED) is 0.262. The van der Waals surface area contributed by atoms with Gasteiger partial charge in [-0.1, -0.05) is 5.21 Å². The second-order valence-electron chi connectivity index (χ2n) is 5.85. The van der Waals surface area contributed by atoms with E-state index in [1.165, 1.54) is 17.1 Å². The summed E-state index contributed by atoms with van der Waals surface area (Å²) < 4.78 is 37.7. The molecular weight excluding hydrogens is 395 g/mol. The van der Waals surface area contributed by atoms with E-state index in [0.717, 1.165) is 4.90 Å². The third-order valence-electron chi connectivity index (χ3n) is 4.07. The van der Waals surface area contributed by atoms with E-state index in [1.54, 1.807) is 0 Å². The number of ketones is 1. The average molecular weight is 410 g/mol. The SMILES string of the molecule is O=C(CNC(=O)[C@@H]1CC[C@@H]2CN1C(=O)N2OS(=O)(=O)[O-])Cn1ccnn1.[Na+]. The van der Waals surface area contributed by atoms with Crippen molar-refractivity contribution in [3.8, 4) is 0 Å². The number of nitrogens with one attached hydrogen (secondary N) is 1. The van der Waals surface area contributed by atoms with Crippen LogP contribution in [0.2, 0.25) is 0 Å². The van der Waals surface area contributed by atoms with Gasteiger partial charge in [-0.05, 0) is 12.8 Å². The first kappa shape index (κ1) is 21.7. The van der Waals surface area contributed by atoms with Gasteiger partial charge in [-0.3, -0.25) is 9.59 Å². The van der Waals surface area contributed by atoms with E-state index in [4.69, 9.17) is 0 Å². The summed E-state index contributed by atoms with van der Waals surface area (Å²) in [5.41, 5.74) is 0. The number of urea groups is 1. The van der Waals surface area contributed by atoms with Crippen molar-refractivity contribution in [3.05, 3.63) is 12.4 Å². The second-order valence-corrected chi connectivity index (χ2v) is 6.81. The van der Waals surface area contributed by atoms with Gasteiger partial charge < -0.3 is 14.8 Å². The molecule has 2 bridgehead atoms. The molecule has 142 valence electrons. The van der Waals surface area contributed by atoms with Crippen molar-refractivity contribution in [3.63, 3.8) is 0 Å². The smallest absolute Gasteiger partial charge is 0.724 e. The summed E-state index contributed by atoms with van der Waals surface area (Å²) in [6.45, 7) is -0.256. The van der Waals surface area contributed by atoms with Crippen LogP contribution in [-0.2, 0) is 30.8 Å². The number of nitrogens with zero attached hydrogens (tertiary/aromatic N) is 5. The fourth-order valence-corrected chi connectivity index (χ4v) is 3.34. The second kappa shape index (κ2) is 8.62. The van der Waals surface area contributed by atoms with Crippen molar-refractivity contribution in [2.24, 2.45) is 0 Å². The zero-order chi connectivity index (χ0) is 18.9. The Morgan fingerprint density at radius 2 is 2.11 bits per heavy atom. The number of hydrogen-bond donors (Lipinski definition) is 1. The summed E-state index contributed by atoms with van der Waals surface area (Å²) in [5.74, 6) is -0.858. The van der Waals surface area contributed by atoms with Crippen LogP contribution in [0.1, 0.15) is 12.8 Å². The van der Waals surface area contributed by atoms with Gasteiger partial charge in [0.1, 0.15) is 12.6 Å². The maximum atomic E-state index is 12.3. The normalized spacial score (nSPS) is 21.7. The van der Waals surface area contributed by atoms with E-state index in [0.29, 0.717) is 5.06 Å². The summed E-state index contributed by atoms with van der Waals surface area (Å²) in [6, 6.07) is -2.37. The number of Topliss-reactive ketones (excluding diaryl/α,β-unsaturated/α-hetero) is 1. The van der Waals surface area contributed by atoms with E-state index < -0.39 is 34.4 Å². The number of fused-ring (bicyclic) bond motifs is 2. The van der Waals surface area contributed by atoms with E-state index in [-0.39, 0.29) is 67.8 Å². The van der Waals surface area contributed by atoms with Gasteiger partial charge in [-0.2, -0.15) is 9.35 Å². The molecule has 1 aromatic heterocycles. The molecule has 1 N–H and O–H groups in total. The Bertz CT molecular complexity index is 816. The van der Waals surface area contributed by atoms with E-state index in [9.17, 15) is 27.4 Å². The van der Waals surface area contributed by atoms with Crippen LogP contribution < -0.4 is 34.9 Å². The Hall–Kier alpha value is -1.58. The maximum Gasteiger partial charge on any atom is 1.00 e. The Morgan fingerprint density at radius 1 is 1.37 bits per heavy atom. The summed E-state index contributed by atoms with van der Waals surface area (Å²) in [6.07, 6.45) is 3.45. The van der Waals surface area contributed by atoms with Crippen LogP contribution in [0.4, 0.5) is 4.79 Å². The molecule has 15 heteroatoms. The van der Waals surface area contributed by atoms with Crippen LogP contribution in [-0.4, -0.2) is 80.8 Å². The first-order chi connectivity index (χ1) is 12.2. The van der Waals surface area contributed by atoms with Crippen LogP contribution in [0, 0.1) is 0 Å². The minimum atomic E-state index is -5.09. The molecule has 13 nitrogen and oxygen atoms in total. The molecule has 2 saturated heterocycles. The summed E-state index contributed by atoms with van der Waals surface area (Å²) in [7, 11) is -5.09. The van der Waals surface area contributed by atoms with Gasteiger partial charge in [-0.25, -0.2) is 17.9 Å². The van der Waals surface area contributed by atoms with Crippen molar-refractivity contribution in [2.75, 3.05) is 13.1 Å². The number of hydroxylamine groups is 2. The number of carbonyl (C=O) groups is 3. The number of carbonyl (C=O) groups excluding carboxylic acids is 3. The van der Waals surface area contributed by atoms with Gasteiger partial charge in [0.2, 0.25) is 16.3 Å². The minimum absolute atomic E-state index is 0. The topological polar surface area (TPSA) is 167 Å². The maximum absolute atomic E-state index is 12.3. The van der Waals surface area contributed by atoms with Crippen molar-refractivity contribution in [1.29, 1.82) is 0 Å². The fraction of sp³-hybridized carbons (Fsp3) is 0.583. The van der Waals surface area contributed by atoms with Gasteiger partial charge in [0.25, 0.3) is 0 Å². The third-order valence-corrected chi connectivity index (χ3v) is 4.41. The van der Waals surface area contributed by atoms with Crippen LogP contribution in [0.5, 0.6) is 0 Å². The predicted molar refractivity (Wildman–Crippen MR) is 79.6 cm³/mol. The molecule has 2 aliphatic heterocycles. The zero-order valence-corrected chi connectivity index (χ0v) is 17.2. The number of aromatic nitrogens is 3. The molecule has 0 spiro atoms. The zero-order valence-electron chi connectivity index (χ0n) is 14.3. The van der Waals surface area contributed by atoms with Crippen LogP contribution in [0.25, 0.3) is 0 Å². The third kappa shape index (κ3) is 5.24. The van der Waals surface area contributed by atoms with Crippen molar-refractivity contribution < 1.29 is 61.2 Å². The number of amides is 3. The number of piperidine rings is 1. The molecule has 0 radical (unpaired) electrons. The minimum Gasteiger partial charge on any atom is -0.724 e. The molecule has 3 rings (SSSR count). The Balaban J connectivity index is 0.00000261. The first-order valence-electron chi connectivity index (χ1n) is 7.63. The molecule has 3 amide bonds. The van der Waals surface area contributed by atoms with E-state index >= 15 is 0 Å². The van der Waals surface area contributed by atoms with E-state index in [2.05, 4.69) is 19.9 Å². The molecule has 2 fully saturated rings. The predicted octanol–water partition coefficient (Wildman–Crippen LogP) is -5.37. The molecule has 2 aliphatic rings. The van der Waals surface area contributed by atoms with Gasteiger partial charge in [0.05, 0.1) is 18.8 Å². The van der Waals surface area contributed by atoms with Crippen molar-refractivity contribution in [1.82, 2.24) is 30.3 Å². The summed E-state index contributed by atoms with van der Waals surface area (Å²) in [4.78, 5) is 37.4. The van der Waals surface area contributed by atoms with Crippen molar-refractivity contribution in [2.45, 2.75) is 31.5 Å². The van der Waals surface area contributed by atoms with Gasteiger partial charge in [0.15, 0.2) is 5.78 Å². The first-order valence-corrected chi connectivity index (χ1v) is 8.96. The Kier molecular flexibility index (Phi) is 6.93. The average Bonchev–Trinajstić information content (AvgIpc) is 3.15.